The van der Waals surface area contributed by atoms with E-state index in [0.717, 1.165) is 12.1 Å². The van der Waals surface area contributed by atoms with E-state index in [0.29, 0.717) is 5.75 Å². The van der Waals surface area contributed by atoms with Crippen molar-refractivity contribution >= 4 is 33.4 Å². The molecular weight excluding hydrogens is 356 g/mol. The minimum absolute atomic E-state index is 0.215. The average molecular weight is 376 g/mol. The number of nitro groups is 1. The molecule has 0 aliphatic heterocycles. The Morgan fingerprint density at radius 1 is 1.38 bits per heavy atom. The first-order valence-electron chi connectivity index (χ1n) is 7.14. The molecule has 1 aromatic rings. The highest BCUT2D eigenvalue weighted by Crippen LogP contribution is 2.23. The summed E-state index contributed by atoms with van der Waals surface area (Å²) in [5, 5.41) is 11.0. The summed E-state index contributed by atoms with van der Waals surface area (Å²) >= 11 is 1.45. The molecule has 0 fully saturated rings. The van der Waals surface area contributed by atoms with Gasteiger partial charge in [0.25, 0.3) is 5.69 Å². The van der Waals surface area contributed by atoms with Crippen LogP contribution < -0.4 is 4.72 Å². The highest BCUT2D eigenvalue weighted by atomic mass is 32.2. The summed E-state index contributed by atoms with van der Waals surface area (Å²) in [4.78, 5) is 21.9. The second-order valence-electron chi connectivity index (χ2n) is 5.17. The monoisotopic (exact) mass is 376 g/mol. The molecule has 1 N–H and O–H groups in total. The molecule has 0 saturated carbocycles. The fraction of sp³-hybridized carbons (Fsp3) is 0.500. The van der Waals surface area contributed by atoms with Crippen molar-refractivity contribution in [2.75, 3.05) is 12.0 Å². The van der Waals surface area contributed by atoms with E-state index < -0.39 is 43.6 Å². The normalized spacial score (nSPS) is 12.8. The minimum atomic E-state index is -4.25. The van der Waals surface area contributed by atoms with E-state index in [1.807, 2.05) is 6.26 Å². The number of rotatable bonds is 9. The lowest BCUT2D eigenvalue weighted by Gasteiger charge is -2.18. The lowest BCUT2D eigenvalue weighted by atomic mass is 10.2. The van der Waals surface area contributed by atoms with Crippen molar-refractivity contribution in [1.82, 2.24) is 4.72 Å². The van der Waals surface area contributed by atoms with Crippen LogP contribution in [0.1, 0.15) is 20.3 Å². The van der Waals surface area contributed by atoms with Gasteiger partial charge in [-0.1, -0.05) is 12.1 Å². The number of para-hydroxylation sites is 1. The van der Waals surface area contributed by atoms with Gasteiger partial charge in [0.05, 0.1) is 11.0 Å². The fourth-order valence-corrected chi connectivity index (χ4v) is 3.72. The van der Waals surface area contributed by atoms with Crippen LogP contribution in [0.2, 0.25) is 0 Å². The Labute approximate surface area is 145 Å². The van der Waals surface area contributed by atoms with E-state index in [-0.39, 0.29) is 6.42 Å². The van der Waals surface area contributed by atoms with Crippen molar-refractivity contribution in [2.24, 2.45) is 0 Å². The van der Waals surface area contributed by atoms with Gasteiger partial charge in [-0.05, 0) is 38.3 Å². The smallest absolute Gasteiger partial charge is 0.324 e. The summed E-state index contributed by atoms with van der Waals surface area (Å²) in [6, 6.07) is 3.86. The van der Waals surface area contributed by atoms with Crippen molar-refractivity contribution in [3.8, 4) is 0 Å². The molecule has 1 unspecified atom stereocenters. The molecule has 0 aliphatic rings. The third-order valence-corrected chi connectivity index (χ3v) is 5.06. The molecule has 0 radical (unpaired) electrons. The molecular formula is C14H20N2O6S2. The van der Waals surface area contributed by atoms with Gasteiger partial charge in [0.1, 0.15) is 6.04 Å². The molecule has 134 valence electrons. The topological polar surface area (TPSA) is 116 Å². The second kappa shape index (κ2) is 9.00. The summed E-state index contributed by atoms with van der Waals surface area (Å²) in [5.41, 5.74) is -0.550. The van der Waals surface area contributed by atoms with Crippen LogP contribution in [0, 0.1) is 10.1 Å². The maximum absolute atomic E-state index is 12.5. The number of esters is 1. The molecule has 1 atom stereocenters. The van der Waals surface area contributed by atoms with Gasteiger partial charge in [-0.3, -0.25) is 14.9 Å². The lowest BCUT2D eigenvalue weighted by Crippen LogP contribution is -2.43. The predicted molar refractivity (Wildman–Crippen MR) is 91.4 cm³/mol. The first-order valence-corrected chi connectivity index (χ1v) is 10.0. The number of carbonyl (C=O) groups excluding carboxylic acids is 1. The quantitative estimate of drug-likeness (QED) is 0.398. The zero-order chi connectivity index (χ0) is 18.3. The van der Waals surface area contributed by atoms with Gasteiger partial charge in [-0.25, -0.2) is 8.42 Å². The second-order valence-corrected chi connectivity index (χ2v) is 7.83. The van der Waals surface area contributed by atoms with Crippen molar-refractivity contribution in [3.63, 3.8) is 0 Å². The first-order chi connectivity index (χ1) is 11.2. The van der Waals surface area contributed by atoms with E-state index >= 15 is 0 Å². The molecule has 8 nitrogen and oxygen atoms in total. The van der Waals surface area contributed by atoms with Crippen molar-refractivity contribution < 1.29 is 22.9 Å². The molecule has 24 heavy (non-hydrogen) atoms. The minimum Gasteiger partial charge on any atom is -0.462 e. The Bertz CT molecular complexity index is 690. The number of nitro benzene ring substituents is 1. The summed E-state index contributed by atoms with van der Waals surface area (Å²) in [6.07, 6.45) is 1.64. The van der Waals surface area contributed by atoms with Crippen LogP contribution in [0.3, 0.4) is 0 Å². The van der Waals surface area contributed by atoms with Crippen molar-refractivity contribution in [2.45, 2.75) is 37.3 Å². The SMILES string of the molecule is CSCCC(NS(=O)(=O)c1ccccc1[N+](=O)[O-])C(=O)OC(C)C. The van der Waals surface area contributed by atoms with Gasteiger partial charge in [-0.15, -0.1) is 0 Å². The molecule has 0 saturated heterocycles. The number of benzene rings is 1. The highest BCUT2D eigenvalue weighted by molar-refractivity contribution is 7.98. The molecule has 10 heteroatoms. The molecule has 1 rings (SSSR count). The van der Waals surface area contributed by atoms with Gasteiger partial charge in [0.15, 0.2) is 4.90 Å². The molecule has 0 spiro atoms. The number of nitrogens with one attached hydrogen (secondary N) is 1. The predicted octanol–water partition coefficient (Wildman–Crippen LogP) is 1.95. The molecule has 0 amide bonds. The largest absolute Gasteiger partial charge is 0.462 e. The molecule has 0 aromatic heterocycles. The number of ether oxygens (including phenoxy) is 1. The molecule has 1 aromatic carbocycles. The number of nitrogens with zero attached hydrogens (tertiary/aromatic N) is 1. The van der Waals surface area contributed by atoms with Crippen LogP contribution in [0.5, 0.6) is 0 Å². The van der Waals surface area contributed by atoms with Gasteiger partial charge >= 0.3 is 5.97 Å². The van der Waals surface area contributed by atoms with E-state index in [4.69, 9.17) is 4.74 Å². The average Bonchev–Trinajstić information content (AvgIpc) is 2.50. The van der Waals surface area contributed by atoms with Gasteiger partial charge in [-0.2, -0.15) is 16.5 Å². The van der Waals surface area contributed by atoms with Crippen LogP contribution in [-0.4, -0.2) is 43.5 Å². The summed E-state index contributed by atoms with van der Waals surface area (Å²) < 4.78 is 32.3. The van der Waals surface area contributed by atoms with Gasteiger partial charge in [0.2, 0.25) is 10.0 Å². The van der Waals surface area contributed by atoms with Crippen molar-refractivity contribution in [3.05, 3.63) is 34.4 Å². The number of thioether (sulfide) groups is 1. The number of carbonyl (C=O) groups is 1. The number of hydrogen-bond acceptors (Lipinski definition) is 7. The maximum atomic E-state index is 12.5. The van der Waals surface area contributed by atoms with E-state index in [1.54, 1.807) is 13.8 Å². The Kier molecular flexibility index (Phi) is 7.64. The van der Waals surface area contributed by atoms with Crippen LogP contribution in [0.4, 0.5) is 5.69 Å². The Morgan fingerprint density at radius 3 is 2.54 bits per heavy atom. The van der Waals surface area contributed by atoms with E-state index in [2.05, 4.69) is 4.72 Å². The van der Waals surface area contributed by atoms with E-state index in [1.165, 1.54) is 23.9 Å². The number of hydrogen-bond donors (Lipinski definition) is 1. The van der Waals surface area contributed by atoms with Gasteiger partial charge < -0.3 is 4.74 Å². The standard InChI is InChI=1S/C14H20N2O6S2/c1-10(2)22-14(17)11(8-9-23-3)15-24(20,21)13-7-5-4-6-12(13)16(18)19/h4-7,10-11,15H,8-9H2,1-3H3. The third kappa shape index (κ3) is 5.77. The number of sulfonamides is 1. The summed E-state index contributed by atoms with van der Waals surface area (Å²) in [7, 11) is -4.25. The van der Waals surface area contributed by atoms with Crippen molar-refractivity contribution in [1.29, 1.82) is 0 Å². The van der Waals surface area contributed by atoms with Crippen LogP contribution in [-0.2, 0) is 19.6 Å². The molecule has 0 heterocycles. The van der Waals surface area contributed by atoms with Gasteiger partial charge in [0, 0.05) is 6.07 Å². The Balaban J connectivity index is 3.11. The maximum Gasteiger partial charge on any atom is 0.324 e. The summed E-state index contributed by atoms with van der Waals surface area (Å²) in [6.45, 7) is 3.31. The lowest BCUT2D eigenvalue weighted by molar-refractivity contribution is -0.387. The van der Waals surface area contributed by atoms with Crippen LogP contribution in [0.15, 0.2) is 29.2 Å². The Hall–Kier alpha value is -1.65. The summed E-state index contributed by atoms with van der Waals surface area (Å²) in [5.74, 6) is -0.182. The zero-order valence-electron chi connectivity index (χ0n) is 13.6. The van der Waals surface area contributed by atoms with Crippen LogP contribution in [0.25, 0.3) is 0 Å². The Morgan fingerprint density at radius 2 is 2.00 bits per heavy atom. The third-order valence-electron chi connectivity index (χ3n) is 2.90. The van der Waals surface area contributed by atoms with E-state index in [9.17, 15) is 23.3 Å². The zero-order valence-corrected chi connectivity index (χ0v) is 15.2. The van der Waals surface area contributed by atoms with Crippen LogP contribution >= 0.6 is 11.8 Å². The fourth-order valence-electron chi connectivity index (χ4n) is 1.86. The molecule has 0 bridgehead atoms. The first kappa shape index (κ1) is 20.4. The highest BCUT2D eigenvalue weighted by Gasteiger charge is 2.31. The molecule has 0 aliphatic carbocycles.